The molecule has 0 fully saturated rings. The van der Waals surface area contributed by atoms with Gasteiger partial charge >= 0.3 is 0 Å². The van der Waals surface area contributed by atoms with Crippen molar-refractivity contribution in [3.8, 4) is 34.5 Å². The van der Waals surface area contributed by atoms with Crippen LogP contribution in [-0.2, 0) is 0 Å². The molecule has 0 aromatic heterocycles. The van der Waals surface area contributed by atoms with Crippen LogP contribution in [0.5, 0.6) is 34.5 Å². The molecule has 0 radical (unpaired) electrons. The van der Waals surface area contributed by atoms with E-state index >= 15 is 0 Å². The van der Waals surface area contributed by atoms with Gasteiger partial charge in [0.2, 0.25) is 0 Å². The molecule has 0 aliphatic rings. The Bertz CT molecular complexity index is 1350. The fraction of sp³-hybridized carbons (Fsp3) is 0. The highest BCUT2D eigenvalue weighted by atomic mass is 35.5. The Labute approximate surface area is 261 Å². The molecule has 0 aliphatic carbocycles. The fourth-order valence-corrected chi connectivity index (χ4v) is 5.21. The van der Waals surface area contributed by atoms with Crippen LogP contribution in [0.4, 0.5) is 0 Å². The first-order valence-corrected chi connectivity index (χ1v) is 13.5. The van der Waals surface area contributed by atoms with Crippen molar-refractivity contribution < 1.29 is 14.2 Å². The molecule has 0 saturated heterocycles. The summed E-state index contributed by atoms with van der Waals surface area (Å²) in [7, 11) is 0. The minimum absolute atomic E-state index is 0.0458. The molecule has 4 aromatic carbocycles. The summed E-state index contributed by atoms with van der Waals surface area (Å²) in [5.74, 6) is 0.0900. The molecule has 4 rings (SSSR count). The molecule has 13 heteroatoms. The molecule has 0 heterocycles. The topological polar surface area (TPSA) is 27.7 Å². The number of hydrogen-bond donors (Lipinski definition) is 0. The average molecular weight is 699 g/mol. The number of hydrogen-bond acceptors (Lipinski definition) is 3. The normalized spacial score (nSPS) is 11.0. The number of halogens is 10. The monoisotopic (exact) mass is 694 g/mol. The molecular weight excluding hydrogens is 691 g/mol. The Balaban J connectivity index is 1.76. The molecule has 0 atom stereocenters. The summed E-state index contributed by atoms with van der Waals surface area (Å²) in [4.78, 5) is 0. The van der Waals surface area contributed by atoms with Crippen molar-refractivity contribution in [2.75, 3.05) is 0 Å². The van der Waals surface area contributed by atoms with E-state index in [1.807, 2.05) is 0 Å². The SMILES string of the molecule is Clc1ccccc1Oc1c(Cl)c(Cl)c(Oc2c(Cl)c(Cl)c(Oc3ccccc3Cl)c(Cl)c2Cl)c(Cl)c1Cl. The highest BCUT2D eigenvalue weighted by Crippen LogP contribution is 2.57. The van der Waals surface area contributed by atoms with E-state index in [2.05, 4.69) is 0 Å². The van der Waals surface area contributed by atoms with Crippen molar-refractivity contribution in [2.45, 2.75) is 0 Å². The third-order valence-electron chi connectivity index (χ3n) is 4.67. The van der Waals surface area contributed by atoms with Crippen LogP contribution < -0.4 is 14.2 Å². The molecule has 3 nitrogen and oxygen atoms in total. The van der Waals surface area contributed by atoms with Crippen LogP contribution in [0, 0.1) is 0 Å². The van der Waals surface area contributed by atoms with Crippen LogP contribution in [0.25, 0.3) is 0 Å². The van der Waals surface area contributed by atoms with E-state index in [1.165, 1.54) is 0 Å². The molecular formula is C24H8Cl10O3. The molecule has 37 heavy (non-hydrogen) atoms. The van der Waals surface area contributed by atoms with Crippen molar-refractivity contribution in [2.24, 2.45) is 0 Å². The Morgan fingerprint density at radius 1 is 0.324 bits per heavy atom. The van der Waals surface area contributed by atoms with Crippen molar-refractivity contribution in [3.05, 3.63) is 98.8 Å². The fourth-order valence-electron chi connectivity index (χ4n) is 2.92. The largest absolute Gasteiger partial charge is 0.453 e. The predicted molar refractivity (Wildman–Crippen MR) is 156 cm³/mol. The van der Waals surface area contributed by atoms with E-state index in [0.29, 0.717) is 10.0 Å². The quantitative estimate of drug-likeness (QED) is 0.188. The van der Waals surface area contributed by atoms with Gasteiger partial charge in [0.15, 0.2) is 23.0 Å². The van der Waals surface area contributed by atoms with Gasteiger partial charge in [-0.25, -0.2) is 0 Å². The molecule has 0 spiro atoms. The summed E-state index contributed by atoms with van der Waals surface area (Å²) in [6, 6.07) is 13.3. The lowest BCUT2D eigenvalue weighted by molar-refractivity contribution is 0.465. The van der Waals surface area contributed by atoms with Crippen molar-refractivity contribution >= 4 is 116 Å². The highest BCUT2D eigenvalue weighted by molar-refractivity contribution is 6.52. The Morgan fingerprint density at radius 2 is 0.568 bits per heavy atom. The maximum atomic E-state index is 6.47. The molecule has 0 unspecified atom stereocenters. The van der Waals surface area contributed by atoms with Gasteiger partial charge in [0.1, 0.15) is 51.7 Å². The molecule has 0 amide bonds. The molecule has 0 N–H and O–H groups in total. The van der Waals surface area contributed by atoms with Crippen molar-refractivity contribution in [1.82, 2.24) is 0 Å². The zero-order chi connectivity index (χ0) is 27.0. The van der Waals surface area contributed by atoms with Crippen LogP contribution in [0.2, 0.25) is 50.2 Å². The van der Waals surface area contributed by atoms with Crippen LogP contribution in [0.15, 0.2) is 48.5 Å². The lowest BCUT2D eigenvalue weighted by Crippen LogP contribution is -1.96. The molecule has 4 aromatic rings. The first-order chi connectivity index (χ1) is 17.5. The lowest BCUT2D eigenvalue weighted by atomic mass is 10.2. The highest BCUT2D eigenvalue weighted by Gasteiger charge is 2.29. The van der Waals surface area contributed by atoms with Gasteiger partial charge in [0, 0.05) is 0 Å². The molecule has 0 bridgehead atoms. The standard InChI is InChI=1S/C24H8Cl10O3/c25-9-5-1-3-7-11(9)35-21-13(27)17(31)23(18(32)14(21)28)37-24-19(33)15(29)22(16(30)20(24)34)36-12-8-4-2-6-10(12)26/h1-8H. The predicted octanol–water partition coefficient (Wildman–Crippen LogP) is 13.6. The van der Waals surface area contributed by atoms with E-state index in [0.717, 1.165) is 0 Å². The maximum absolute atomic E-state index is 6.47. The molecule has 0 saturated carbocycles. The van der Waals surface area contributed by atoms with E-state index in [1.54, 1.807) is 48.5 Å². The second-order valence-electron chi connectivity index (χ2n) is 7.00. The number of para-hydroxylation sites is 2. The van der Waals surface area contributed by atoms with Gasteiger partial charge in [-0.3, -0.25) is 0 Å². The summed E-state index contributed by atoms with van der Waals surface area (Å²) in [6.45, 7) is 0. The average Bonchev–Trinajstić information content (AvgIpc) is 2.88. The zero-order valence-corrected chi connectivity index (χ0v) is 25.2. The molecule has 192 valence electrons. The van der Waals surface area contributed by atoms with E-state index < -0.39 is 0 Å². The second-order valence-corrected chi connectivity index (χ2v) is 10.8. The second kappa shape index (κ2) is 12.1. The van der Waals surface area contributed by atoms with Crippen LogP contribution in [0.1, 0.15) is 0 Å². The van der Waals surface area contributed by atoms with Crippen LogP contribution >= 0.6 is 116 Å². The van der Waals surface area contributed by atoms with Crippen LogP contribution in [0.3, 0.4) is 0 Å². The van der Waals surface area contributed by atoms with E-state index in [4.69, 9.17) is 130 Å². The Morgan fingerprint density at radius 3 is 0.838 bits per heavy atom. The van der Waals surface area contributed by atoms with Gasteiger partial charge in [-0.05, 0) is 24.3 Å². The van der Waals surface area contributed by atoms with Gasteiger partial charge in [-0.2, -0.15) is 0 Å². The Kier molecular flexibility index (Phi) is 9.57. The molecule has 0 aliphatic heterocycles. The number of ether oxygens (including phenoxy) is 3. The van der Waals surface area contributed by atoms with E-state index in [9.17, 15) is 0 Å². The third kappa shape index (κ3) is 5.88. The van der Waals surface area contributed by atoms with Crippen molar-refractivity contribution in [3.63, 3.8) is 0 Å². The van der Waals surface area contributed by atoms with Gasteiger partial charge < -0.3 is 14.2 Å². The number of rotatable bonds is 6. The van der Waals surface area contributed by atoms with Gasteiger partial charge in [-0.1, -0.05) is 140 Å². The minimum atomic E-state index is -0.180. The summed E-state index contributed by atoms with van der Waals surface area (Å²) in [6.07, 6.45) is 0. The van der Waals surface area contributed by atoms with Gasteiger partial charge in [0.05, 0.1) is 10.0 Å². The van der Waals surface area contributed by atoms with E-state index in [-0.39, 0.29) is 74.7 Å². The summed E-state index contributed by atoms with van der Waals surface area (Å²) < 4.78 is 17.4. The lowest BCUT2D eigenvalue weighted by Gasteiger charge is -2.20. The number of benzene rings is 4. The maximum Gasteiger partial charge on any atom is 0.168 e. The first kappa shape index (κ1) is 29.2. The summed E-state index contributed by atoms with van der Waals surface area (Å²) in [5.41, 5.74) is 0. The zero-order valence-electron chi connectivity index (χ0n) is 17.6. The van der Waals surface area contributed by atoms with Crippen molar-refractivity contribution in [1.29, 1.82) is 0 Å². The van der Waals surface area contributed by atoms with Gasteiger partial charge in [0.25, 0.3) is 0 Å². The van der Waals surface area contributed by atoms with Gasteiger partial charge in [-0.15, -0.1) is 0 Å². The summed E-state index contributed by atoms with van der Waals surface area (Å²) in [5, 5.41) is -0.481. The first-order valence-electron chi connectivity index (χ1n) is 9.77. The smallest absolute Gasteiger partial charge is 0.168 e. The third-order valence-corrected chi connectivity index (χ3v) is 8.56. The Hall–Kier alpha value is -0.820. The minimum Gasteiger partial charge on any atom is -0.453 e. The van der Waals surface area contributed by atoms with Crippen LogP contribution in [-0.4, -0.2) is 0 Å². The summed E-state index contributed by atoms with van der Waals surface area (Å²) >= 11 is 64.0.